The third-order valence-corrected chi connectivity index (χ3v) is 4.23. The van der Waals surface area contributed by atoms with Gasteiger partial charge in [0, 0.05) is 24.1 Å². The highest BCUT2D eigenvalue weighted by atomic mass is 35.5. The van der Waals surface area contributed by atoms with Crippen LogP contribution in [0.25, 0.3) is 0 Å². The molecule has 1 heterocycles. The van der Waals surface area contributed by atoms with Crippen LogP contribution in [0, 0.1) is 0 Å². The third-order valence-electron chi connectivity index (χ3n) is 2.93. The lowest BCUT2D eigenvalue weighted by Crippen LogP contribution is -2.43. The minimum atomic E-state index is 0.0500. The number of nitrogens with zero attached hydrogens (tertiary/aromatic N) is 1. The minimum absolute atomic E-state index is 0.0500. The predicted octanol–water partition coefficient (Wildman–Crippen LogP) is 2.76. The summed E-state index contributed by atoms with van der Waals surface area (Å²) in [4.78, 5) is 3.45. The third kappa shape index (κ3) is 3.93. The number of methoxy groups -OCH3 is 1. The molecule has 0 saturated heterocycles. The highest BCUT2D eigenvalue weighted by Gasteiger charge is 2.26. The first kappa shape index (κ1) is 14.9. The molecular weight excluding hydrogens is 256 g/mol. The SMILES string of the molecule is COCC(C)N(C)C(c1ccc(Cl)s1)C(C)N. The van der Waals surface area contributed by atoms with Gasteiger partial charge in [-0.25, -0.2) is 0 Å². The van der Waals surface area contributed by atoms with Crippen molar-refractivity contribution in [2.75, 3.05) is 20.8 Å². The number of ether oxygens (including phenoxy) is 1. The van der Waals surface area contributed by atoms with E-state index in [-0.39, 0.29) is 12.1 Å². The van der Waals surface area contributed by atoms with Gasteiger partial charge in [-0.05, 0) is 33.0 Å². The van der Waals surface area contributed by atoms with E-state index in [1.807, 2.05) is 13.0 Å². The molecule has 0 aliphatic heterocycles. The Bertz CT molecular complexity index is 343. The minimum Gasteiger partial charge on any atom is -0.383 e. The molecule has 17 heavy (non-hydrogen) atoms. The largest absolute Gasteiger partial charge is 0.383 e. The Morgan fingerprint density at radius 2 is 2.12 bits per heavy atom. The highest BCUT2D eigenvalue weighted by molar-refractivity contribution is 7.16. The van der Waals surface area contributed by atoms with E-state index in [9.17, 15) is 0 Å². The van der Waals surface area contributed by atoms with E-state index in [0.717, 1.165) is 4.34 Å². The van der Waals surface area contributed by atoms with Crippen molar-refractivity contribution in [2.24, 2.45) is 5.73 Å². The lowest BCUT2D eigenvalue weighted by molar-refractivity contribution is 0.0831. The summed E-state index contributed by atoms with van der Waals surface area (Å²) in [5, 5.41) is 0. The van der Waals surface area contributed by atoms with Gasteiger partial charge in [-0.3, -0.25) is 4.90 Å². The second-order valence-corrected chi connectivity index (χ2v) is 6.16. The number of thiophene rings is 1. The van der Waals surface area contributed by atoms with Crippen molar-refractivity contribution in [1.29, 1.82) is 0 Å². The standard InChI is InChI=1S/C12H21ClN2OS/c1-8(7-16-4)15(3)12(9(2)14)10-5-6-11(13)17-10/h5-6,8-9,12H,7,14H2,1-4H3. The molecule has 98 valence electrons. The lowest BCUT2D eigenvalue weighted by Gasteiger charge is -2.34. The maximum absolute atomic E-state index is 6.09. The van der Waals surface area contributed by atoms with Crippen LogP contribution in [0.3, 0.4) is 0 Å². The van der Waals surface area contributed by atoms with Crippen LogP contribution in [0.2, 0.25) is 4.34 Å². The fraction of sp³-hybridized carbons (Fsp3) is 0.667. The summed E-state index contributed by atoms with van der Waals surface area (Å²) < 4.78 is 5.99. The quantitative estimate of drug-likeness (QED) is 0.868. The summed E-state index contributed by atoms with van der Waals surface area (Å²) in [5.74, 6) is 0. The van der Waals surface area contributed by atoms with Crippen LogP contribution in [-0.4, -0.2) is 37.7 Å². The first-order valence-electron chi connectivity index (χ1n) is 5.69. The van der Waals surface area contributed by atoms with Crippen molar-refractivity contribution >= 4 is 22.9 Å². The molecule has 2 N–H and O–H groups in total. The van der Waals surface area contributed by atoms with E-state index in [1.165, 1.54) is 4.88 Å². The first-order chi connectivity index (χ1) is 7.97. The van der Waals surface area contributed by atoms with Crippen LogP contribution >= 0.6 is 22.9 Å². The molecule has 0 fully saturated rings. The van der Waals surface area contributed by atoms with Gasteiger partial charge in [-0.1, -0.05) is 11.6 Å². The van der Waals surface area contributed by atoms with Gasteiger partial charge in [0.25, 0.3) is 0 Å². The van der Waals surface area contributed by atoms with Gasteiger partial charge in [0.05, 0.1) is 17.0 Å². The van der Waals surface area contributed by atoms with Crippen LogP contribution in [0.1, 0.15) is 24.8 Å². The number of rotatable bonds is 6. The van der Waals surface area contributed by atoms with Crippen molar-refractivity contribution in [1.82, 2.24) is 4.90 Å². The molecule has 3 unspecified atom stereocenters. The molecule has 0 bridgehead atoms. The second-order valence-electron chi connectivity index (χ2n) is 4.42. The van der Waals surface area contributed by atoms with Crippen LogP contribution < -0.4 is 5.73 Å². The zero-order chi connectivity index (χ0) is 13.0. The molecule has 1 rings (SSSR count). The zero-order valence-corrected chi connectivity index (χ0v) is 12.4. The van der Waals surface area contributed by atoms with E-state index in [4.69, 9.17) is 22.1 Å². The number of likely N-dealkylation sites (N-methyl/N-ethyl adjacent to an activating group) is 1. The van der Waals surface area contributed by atoms with Gasteiger partial charge in [-0.15, -0.1) is 11.3 Å². The van der Waals surface area contributed by atoms with Crippen molar-refractivity contribution < 1.29 is 4.74 Å². The normalized spacial score (nSPS) is 17.1. The molecule has 1 aromatic heterocycles. The van der Waals surface area contributed by atoms with Crippen LogP contribution in [-0.2, 0) is 4.74 Å². The Morgan fingerprint density at radius 1 is 1.47 bits per heavy atom. The first-order valence-corrected chi connectivity index (χ1v) is 6.88. The van der Waals surface area contributed by atoms with E-state index < -0.39 is 0 Å². The Kier molecular flexibility index (Phi) is 5.89. The molecule has 0 amide bonds. The summed E-state index contributed by atoms with van der Waals surface area (Å²) in [6.07, 6.45) is 0. The van der Waals surface area contributed by atoms with E-state index >= 15 is 0 Å². The molecule has 0 aliphatic carbocycles. The molecule has 0 aromatic carbocycles. The van der Waals surface area contributed by atoms with Gasteiger partial charge < -0.3 is 10.5 Å². The van der Waals surface area contributed by atoms with Crippen molar-refractivity contribution in [2.45, 2.75) is 32.0 Å². The van der Waals surface area contributed by atoms with Gasteiger partial charge >= 0.3 is 0 Å². The van der Waals surface area contributed by atoms with E-state index in [1.54, 1.807) is 18.4 Å². The van der Waals surface area contributed by atoms with Crippen LogP contribution in [0.5, 0.6) is 0 Å². The molecule has 0 radical (unpaired) electrons. The number of hydrogen-bond acceptors (Lipinski definition) is 4. The fourth-order valence-electron chi connectivity index (χ4n) is 1.95. The molecule has 0 aliphatic rings. The smallest absolute Gasteiger partial charge is 0.0931 e. The molecule has 1 aromatic rings. The molecule has 0 saturated carbocycles. The molecule has 3 atom stereocenters. The van der Waals surface area contributed by atoms with Gasteiger partial charge in [0.15, 0.2) is 0 Å². The maximum atomic E-state index is 6.09. The summed E-state index contributed by atoms with van der Waals surface area (Å²) in [6.45, 7) is 4.85. The molecule has 3 nitrogen and oxygen atoms in total. The van der Waals surface area contributed by atoms with E-state index in [2.05, 4.69) is 24.9 Å². The Morgan fingerprint density at radius 3 is 2.53 bits per heavy atom. The lowest BCUT2D eigenvalue weighted by atomic mass is 10.1. The van der Waals surface area contributed by atoms with Gasteiger partial charge in [-0.2, -0.15) is 0 Å². The Labute approximate surface area is 113 Å². The molecule has 0 spiro atoms. The zero-order valence-electron chi connectivity index (χ0n) is 10.8. The Balaban J connectivity index is 2.86. The van der Waals surface area contributed by atoms with Crippen molar-refractivity contribution in [3.63, 3.8) is 0 Å². The summed E-state index contributed by atoms with van der Waals surface area (Å²) in [7, 11) is 3.79. The topological polar surface area (TPSA) is 38.5 Å². The van der Waals surface area contributed by atoms with E-state index in [0.29, 0.717) is 12.6 Å². The van der Waals surface area contributed by atoms with Crippen LogP contribution in [0.15, 0.2) is 12.1 Å². The summed E-state index contributed by atoms with van der Waals surface area (Å²) in [5.41, 5.74) is 6.09. The summed E-state index contributed by atoms with van der Waals surface area (Å²) >= 11 is 7.58. The van der Waals surface area contributed by atoms with Crippen molar-refractivity contribution in [3.8, 4) is 0 Å². The average Bonchev–Trinajstić information content (AvgIpc) is 2.64. The molecule has 5 heteroatoms. The number of nitrogens with two attached hydrogens (primary N) is 1. The average molecular weight is 277 g/mol. The number of hydrogen-bond donors (Lipinski definition) is 1. The number of halogens is 1. The van der Waals surface area contributed by atoms with Gasteiger partial charge in [0.2, 0.25) is 0 Å². The fourth-order valence-corrected chi connectivity index (χ4v) is 3.28. The predicted molar refractivity (Wildman–Crippen MR) is 74.8 cm³/mol. The Hall–Kier alpha value is -0.130. The van der Waals surface area contributed by atoms with Crippen molar-refractivity contribution in [3.05, 3.63) is 21.3 Å². The maximum Gasteiger partial charge on any atom is 0.0931 e. The van der Waals surface area contributed by atoms with Gasteiger partial charge in [0.1, 0.15) is 0 Å². The van der Waals surface area contributed by atoms with Crippen LogP contribution in [0.4, 0.5) is 0 Å². The second kappa shape index (κ2) is 6.71. The highest BCUT2D eigenvalue weighted by Crippen LogP contribution is 2.32. The summed E-state index contributed by atoms with van der Waals surface area (Å²) in [6, 6.07) is 4.52. The monoisotopic (exact) mass is 276 g/mol. The molecular formula is C12H21ClN2OS.